The second-order valence-electron chi connectivity index (χ2n) is 3.60. The van der Waals surface area contributed by atoms with Crippen LogP contribution in [0.1, 0.15) is 10.4 Å². The molecule has 96 valence electrons. The summed E-state index contributed by atoms with van der Waals surface area (Å²) in [5, 5.41) is 13.5. The van der Waals surface area contributed by atoms with Gasteiger partial charge in [0.1, 0.15) is 10.8 Å². The van der Waals surface area contributed by atoms with Crippen LogP contribution in [0.4, 0.5) is 11.4 Å². The predicted molar refractivity (Wildman–Crippen MR) is 70.3 cm³/mol. The summed E-state index contributed by atoms with van der Waals surface area (Å²) in [7, 11) is 0. The molecule has 0 radical (unpaired) electrons. The molecule has 1 aromatic carbocycles. The summed E-state index contributed by atoms with van der Waals surface area (Å²) in [4.78, 5) is 25.9. The highest BCUT2D eigenvalue weighted by Crippen LogP contribution is 2.23. The Labute approximate surface area is 113 Å². The standard InChI is InChI=1S/C12H8ClN3O3/c13-11-6-5-8(7-14-11)12(17)15-9-3-1-2-4-10(9)16(18)19/h1-7H,(H,15,17). The van der Waals surface area contributed by atoms with Gasteiger partial charge in [-0.05, 0) is 18.2 Å². The SMILES string of the molecule is O=C(Nc1ccccc1[N+](=O)[O-])c1ccc(Cl)nc1. The van der Waals surface area contributed by atoms with Gasteiger partial charge in [0.2, 0.25) is 0 Å². The van der Waals surface area contributed by atoms with Gasteiger partial charge in [-0.1, -0.05) is 23.7 Å². The maximum absolute atomic E-state index is 11.9. The maximum Gasteiger partial charge on any atom is 0.292 e. The third-order valence-electron chi connectivity index (χ3n) is 2.34. The fraction of sp³-hybridized carbons (Fsp3) is 0. The Morgan fingerprint density at radius 3 is 2.63 bits per heavy atom. The number of halogens is 1. The number of pyridine rings is 1. The molecule has 0 spiro atoms. The third-order valence-corrected chi connectivity index (χ3v) is 2.56. The number of nitro benzene ring substituents is 1. The van der Waals surface area contributed by atoms with Crippen LogP contribution < -0.4 is 5.32 Å². The minimum Gasteiger partial charge on any atom is -0.316 e. The highest BCUT2D eigenvalue weighted by molar-refractivity contribution is 6.29. The average molecular weight is 278 g/mol. The summed E-state index contributed by atoms with van der Waals surface area (Å²) in [5.74, 6) is -0.488. The Morgan fingerprint density at radius 2 is 2.00 bits per heavy atom. The summed E-state index contributed by atoms with van der Waals surface area (Å²) in [6.45, 7) is 0. The number of hydrogen-bond donors (Lipinski definition) is 1. The first-order chi connectivity index (χ1) is 9.08. The molecule has 2 rings (SSSR count). The molecule has 1 amide bonds. The molecular formula is C12H8ClN3O3. The van der Waals surface area contributed by atoms with Gasteiger partial charge in [-0.3, -0.25) is 14.9 Å². The number of amides is 1. The zero-order valence-electron chi connectivity index (χ0n) is 9.54. The van der Waals surface area contributed by atoms with Crippen molar-refractivity contribution in [3.05, 3.63) is 63.4 Å². The molecule has 0 unspecified atom stereocenters. The lowest BCUT2D eigenvalue weighted by Gasteiger charge is -2.05. The first-order valence-electron chi connectivity index (χ1n) is 5.24. The first kappa shape index (κ1) is 13.0. The summed E-state index contributed by atoms with van der Waals surface area (Å²) in [6, 6.07) is 8.85. The number of nitrogens with zero attached hydrogens (tertiary/aromatic N) is 2. The van der Waals surface area contributed by atoms with Gasteiger partial charge in [0, 0.05) is 12.3 Å². The fourth-order valence-electron chi connectivity index (χ4n) is 1.44. The van der Waals surface area contributed by atoms with E-state index in [1.807, 2.05) is 0 Å². The van der Waals surface area contributed by atoms with Gasteiger partial charge in [0.15, 0.2) is 0 Å². The van der Waals surface area contributed by atoms with Crippen molar-refractivity contribution in [3.8, 4) is 0 Å². The average Bonchev–Trinajstić information content (AvgIpc) is 2.39. The summed E-state index contributed by atoms with van der Waals surface area (Å²) < 4.78 is 0. The molecule has 0 aliphatic carbocycles. The Morgan fingerprint density at radius 1 is 1.26 bits per heavy atom. The first-order valence-corrected chi connectivity index (χ1v) is 5.62. The molecule has 7 heteroatoms. The second kappa shape index (κ2) is 5.45. The minimum absolute atomic E-state index is 0.132. The molecule has 1 N–H and O–H groups in total. The highest BCUT2D eigenvalue weighted by atomic mass is 35.5. The van der Waals surface area contributed by atoms with Crippen molar-refractivity contribution in [2.24, 2.45) is 0 Å². The monoisotopic (exact) mass is 277 g/mol. The molecule has 2 aromatic rings. The lowest BCUT2D eigenvalue weighted by atomic mass is 10.2. The van der Waals surface area contributed by atoms with Crippen LogP contribution in [0.5, 0.6) is 0 Å². The zero-order valence-corrected chi connectivity index (χ0v) is 10.3. The van der Waals surface area contributed by atoms with E-state index >= 15 is 0 Å². The predicted octanol–water partition coefficient (Wildman–Crippen LogP) is 2.90. The van der Waals surface area contributed by atoms with Crippen molar-refractivity contribution in [1.29, 1.82) is 0 Å². The van der Waals surface area contributed by atoms with Crippen LogP contribution in [0.15, 0.2) is 42.6 Å². The van der Waals surface area contributed by atoms with E-state index < -0.39 is 10.8 Å². The summed E-state index contributed by atoms with van der Waals surface area (Å²) in [6.07, 6.45) is 1.30. The van der Waals surface area contributed by atoms with Crippen LogP contribution in [0.2, 0.25) is 5.15 Å². The van der Waals surface area contributed by atoms with Crippen molar-refractivity contribution < 1.29 is 9.72 Å². The van der Waals surface area contributed by atoms with Gasteiger partial charge in [-0.2, -0.15) is 0 Å². The minimum atomic E-state index is -0.560. The van der Waals surface area contributed by atoms with E-state index in [1.54, 1.807) is 6.07 Å². The van der Waals surface area contributed by atoms with E-state index in [-0.39, 0.29) is 22.1 Å². The zero-order chi connectivity index (χ0) is 13.8. The van der Waals surface area contributed by atoms with Gasteiger partial charge in [-0.15, -0.1) is 0 Å². The molecule has 0 atom stereocenters. The number of para-hydroxylation sites is 2. The van der Waals surface area contributed by atoms with E-state index in [0.717, 1.165) is 0 Å². The van der Waals surface area contributed by atoms with E-state index in [2.05, 4.69) is 10.3 Å². The van der Waals surface area contributed by atoms with E-state index in [0.29, 0.717) is 0 Å². The Bertz CT molecular complexity index is 628. The molecule has 0 bridgehead atoms. The van der Waals surface area contributed by atoms with Gasteiger partial charge >= 0.3 is 0 Å². The number of hydrogen-bond acceptors (Lipinski definition) is 4. The molecule has 1 aromatic heterocycles. The Hall–Kier alpha value is -2.47. The largest absolute Gasteiger partial charge is 0.316 e. The van der Waals surface area contributed by atoms with Crippen molar-refractivity contribution in [2.75, 3.05) is 5.32 Å². The molecular weight excluding hydrogens is 270 g/mol. The van der Waals surface area contributed by atoms with Crippen LogP contribution in [0, 0.1) is 10.1 Å². The van der Waals surface area contributed by atoms with Gasteiger partial charge < -0.3 is 5.32 Å². The number of rotatable bonds is 3. The normalized spacial score (nSPS) is 9.95. The van der Waals surface area contributed by atoms with Crippen molar-refractivity contribution in [3.63, 3.8) is 0 Å². The number of aromatic nitrogens is 1. The van der Waals surface area contributed by atoms with Crippen LogP contribution in [0.25, 0.3) is 0 Å². The van der Waals surface area contributed by atoms with Crippen LogP contribution in [-0.4, -0.2) is 15.8 Å². The molecule has 1 heterocycles. The molecule has 19 heavy (non-hydrogen) atoms. The summed E-state index contributed by atoms with van der Waals surface area (Å²) >= 11 is 5.61. The number of carbonyl (C=O) groups is 1. The number of carbonyl (C=O) groups excluding carboxylic acids is 1. The highest BCUT2D eigenvalue weighted by Gasteiger charge is 2.15. The fourth-order valence-corrected chi connectivity index (χ4v) is 1.55. The second-order valence-corrected chi connectivity index (χ2v) is 3.99. The van der Waals surface area contributed by atoms with Crippen LogP contribution in [0.3, 0.4) is 0 Å². The smallest absolute Gasteiger partial charge is 0.292 e. The topological polar surface area (TPSA) is 85.1 Å². The molecule has 0 saturated heterocycles. The van der Waals surface area contributed by atoms with Crippen molar-refractivity contribution in [1.82, 2.24) is 4.98 Å². The van der Waals surface area contributed by atoms with Crippen molar-refractivity contribution in [2.45, 2.75) is 0 Å². The van der Waals surface area contributed by atoms with E-state index in [9.17, 15) is 14.9 Å². The lowest BCUT2D eigenvalue weighted by molar-refractivity contribution is -0.383. The Balaban J connectivity index is 2.24. The summed E-state index contributed by atoms with van der Waals surface area (Å²) in [5.41, 5.74) is 0.229. The molecule has 0 aliphatic rings. The quantitative estimate of drug-likeness (QED) is 0.531. The Kier molecular flexibility index (Phi) is 3.72. The maximum atomic E-state index is 11.9. The van der Waals surface area contributed by atoms with Gasteiger partial charge in [0.25, 0.3) is 11.6 Å². The number of nitrogens with one attached hydrogen (secondary N) is 1. The van der Waals surface area contributed by atoms with Crippen molar-refractivity contribution >= 4 is 28.9 Å². The number of anilines is 1. The van der Waals surface area contributed by atoms with Crippen LogP contribution in [-0.2, 0) is 0 Å². The third kappa shape index (κ3) is 3.05. The molecule has 0 aliphatic heterocycles. The number of benzene rings is 1. The van der Waals surface area contributed by atoms with Gasteiger partial charge in [0.05, 0.1) is 10.5 Å². The van der Waals surface area contributed by atoms with E-state index in [4.69, 9.17) is 11.6 Å². The van der Waals surface area contributed by atoms with Gasteiger partial charge in [-0.25, -0.2) is 4.98 Å². The molecule has 0 fully saturated rings. The lowest BCUT2D eigenvalue weighted by Crippen LogP contribution is -2.13. The molecule has 6 nitrogen and oxygen atoms in total. The number of nitro groups is 1. The van der Waals surface area contributed by atoms with E-state index in [1.165, 1.54) is 36.5 Å². The molecule has 0 saturated carbocycles. The van der Waals surface area contributed by atoms with Crippen LogP contribution >= 0.6 is 11.6 Å².